The van der Waals surface area contributed by atoms with E-state index in [0.717, 1.165) is 5.56 Å². The summed E-state index contributed by atoms with van der Waals surface area (Å²) in [5.74, 6) is 0.0582. The highest BCUT2D eigenvalue weighted by Gasteiger charge is 2.28. The first kappa shape index (κ1) is 18.3. The number of hydrogen-bond acceptors (Lipinski definition) is 3. The molecule has 1 aliphatic rings. The summed E-state index contributed by atoms with van der Waals surface area (Å²) in [6, 6.07) is 18.3. The normalized spacial score (nSPS) is 12.6. The minimum atomic E-state index is -0.441. The predicted octanol–water partition coefficient (Wildman–Crippen LogP) is 5.29. The zero-order valence-corrected chi connectivity index (χ0v) is 15.9. The van der Waals surface area contributed by atoms with Gasteiger partial charge in [0.05, 0.1) is 5.02 Å². The Morgan fingerprint density at radius 3 is 2.43 bits per heavy atom. The lowest BCUT2D eigenvalue weighted by atomic mass is 9.98. The molecule has 0 saturated heterocycles. The second-order valence-electron chi connectivity index (χ2n) is 6.51. The number of nitrogens with zero attached hydrogens (tertiary/aromatic N) is 1. The van der Waals surface area contributed by atoms with Crippen molar-refractivity contribution in [3.05, 3.63) is 94.8 Å². The van der Waals surface area contributed by atoms with Crippen molar-refractivity contribution in [2.45, 2.75) is 5.92 Å². The lowest BCUT2D eigenvalue weighted by Crippen LogP contribution is -2.26. The Morgan fingerprint density at radius 1 is 1.07 bits per heavy atom. The molecule has 0 saturated carbocycles. The van der Waals surface area contributed by atoms with E-state index >= 15 is 0 Å². The molecule has 0 bridgehead atoms. The Labute approximate surface area is 168 Å². The summed E-state index contributed by atoms with van der Waals surface area (Å²) in [5.41, 5.74) is 5.62. The summed E-state index contributed by atoms with van der Waals surface area (Å²) in [4.78, 5) is 16.1. The Kier molecular flexibility index (Phi) is 5.40. The van der Waals surface area contributed by atoms with E-state index in [0.29, 0.717) is 18.2 Å². The highest BCUT2D eigenvalue weighted by atomic mass is 35.5. The summed E-state index contributed by atoms with van der Waals surface area (Å²) in [6.45, 7) is 0.653. The van der Waals surface area contributed by atoms with Crippen LogP contribution in [0.4, 0.5) is 4.79 Å². The standard InChI is InChI=1S/C23H19ClN2O2/c24-22-11-13-25-14-16(22)6-5-12-26-23(27)28-15-21-19-9-3-1-7-17(19)18-8-2-4-10-20(18)21/h1-11,13-14,21H,12,15H2,(H,26,27). The Balaban J connectivity index is 1.35. The summed E-state index contributed by atoms with van der Waals surface area (Å²) < 4.78 is 5.49. The molecule has 0 unspecified atom stereocenters. The van der Waals surface area contributed by atoms with E-state index in [9.17, 15) is 4.79 Å². The number of rotatable bonds is 5. The second-order valence-corrected chi connectivity index (χ2v) is 6.91. The zero-order chi connectivity index (χ0) is 19.3. The summed E-state index contributed by atoms with van der Waals surface area (Å²) >= 11 is 6.07. The minimum Gasteiger partial charge on any atom is -0.449 e. The Bertz CT molecular complexity index is 987. The van der Waals surface area contributed by atoms with Crippen LogP contribution in [0.15, 0.2) is 73.1 Å². The average molecular weight is 391 g/mol. The number of halogens is 1. The van der Waals surface area contributed by atoms with E-state index in [1.807, 2.05) is 36.4 Å². The number of ether oxygens (including phenoxy) is 1. The first-order valence-corrected chi connectivity index (χ1v) is 9.47. The number of hydrogen-bond donors (Lipinski definition) is 1. The fraction of sp³-hybridized carbons (Fsp3) is 0.130. The van der Waals surface area contributed by atoms with E-state index in [4.69, 9.17) is 16.3 Å². The molecule has 5 heteroatoms. The van der Waals surface area contributed by atoms with E-state index < -0.39 is 6.09 Å². The van der Waals surface area contributed by atoms with E-state index in [1.54, 1.807) is 18.5 Å². The van der Waals surface area contributed by atoms with E-state index in [2.05, 4.69) is 34.6 Å². The molecule has 140 valence electrons. The Hall–Kier alpha value is -3.11. The summed E-state index contributed by atoms with van der Waals surface area (Å²) in [5, 5.41) is 3.35. The third kappa shape index (κ3) is 3.78. The third-order valence-electron chi connectivity index (χ3n) is 4.80. The van der Waals surface area contributed by atoms with Gasteiger partial charge in [-0.3, -0.25) is 4.98 Å². The van der Waals surface area contributed by atoms with Gasteiger partial charge in [-0.2, -0.15) is 0 Å². The van der Waals surface area contributed by atoms with Crippen molar-refractivity contribution in [3.8, 4) is 11.1 Å². The van der Waals surface area contributed by atoms with Crippen LogP contribution < -0.4 is 5.32 Å². The van der Waals surface area contributed by atoms with Gasteiger partial charge < -0.3 is 10.1 Å². The lowest BCUT2D eigenvalue weighted by molar-refractivity contribution is 0.144. The van der Waals surface area contributed by atoms with Gasteiger partial charge in [0, 0.05) is 30.4 Å². The molecule has 1 aromatic heterocycles. The van der Waals surface area contributed by atoms with Crippen molar-refractivity contribution in [2.75, 3.05) is 13.2 Å². The van der Waals surface area contributed by atoms with Gasteiger partial charge in [0.25, 0.3) is 0 Å². The molecule has 3 aromatic rings. The molecule has 1 aliphatic carbocycles. The second kappa shape index (κ2) is 8.28. The summed E-state index contributed by atoms with van der Waals surface area (Å²) in [6.07, 6.45) is 6.49. The minimum absolute atomic E-state index is 0.0582. The van der Waals surface area contributed by atoms with Crippen LogP contribution in [-0.2, 0) is 4.74 Å². The average Bonchev–Trinajstić information content (AvgIpc) is 3.05. The molecule has 28 heavy (non-hydrogen) atoms. The molecule has 1 amide bonds. The maximum Gasteiger partial charge on any atom is 0.407 e. The number of alkyl carbamates (subject to hydrolysis) is 1. The largest absolute Gasteiger partial charge is 0.449 e. The molecule has 1 heterocycles. The van der Waals surface area contributed by atoms with Crippen molar-refractivity contribution in [2.24, 2.45) is 0 Å². The molecule has 4 nitrogen and oxygen atoms in total. The molecule has 4 rings (SSSR count). The first-order chi connectivity index (χ1) is 13.7. The molecule has 0 radical (unpaired) electrons. The van der Waals surface area contributed by atoms with Crippen LogP contribution in [0, 0.1) is 0 Å². The first-order valence-electron chi connectivity index (χ1n) is 9.09. The number of aromatic nitrogens is 1. The van der Waals surface area contributed by atoms with Gasteiger partial charge in [0.2, 0.25) is 0 Å². The van der Waals surface area contributed by atoms with E-state index in [1.165, 1.54) is 22.3 Å². The molecular weight excluding hydrogens is 372 g/mol. The van der Waals surface area contributed by atoms with Crippen molar-refractivity contribution in [1.29, 1.82) is 0 Å². The van der Waals surface area contributed by atoms with Crippen LogP contribution in [0.3, 0.4) is 0 Å². The predicted molar refractivity (Wildman–Crippen MR) is 111 cm³/mol. The lowest BCUT2D eigenvalue weighted by Gasteiger charge is -2.14. The number of pyridine rings is 1. The smallest absolute Gasteiger partial charge is 0.407 e. The number of carbonyl (C=O) groups excluding carboxylic acids is 1. The number of benzene rings is 2. The van der Waals surface area contributed by atoms with Crippen LogP contribution in [0.1, 0.15) is 22.6 Å². The van der Waals surface area contributed by atoms with Crippen LogP contribution in [0.25, 0.3) is 17.2 Å². The van der Waals surface area contributed by atoms with Gasteiger partial charge in [-0.25, -0.2) is 4.79 Å². The van der Waals surface area contributed by atoms with Crippen LogP contribution >= 0.6 is 11.6 Å². The number of fused-ring (bicyclic) bond motifs is 3. The zero-order valence-electron chi connectivity index (χ0n) is 15.1. The maximum absolute atomic E-state index is 12.1. The summed E-state index contributed by atoms with van der Waals surface area (Å²) in [7, 11) is 0. The maximum atomic E-state index is 12.1. The fourth-order valence-corrected chi connectivity index (χ4v) is 3.66. The molecule has 0 spiro atoms. The van der Waals surface area contributed by atoms with Gasteiger partial charge in [-0.1, -0.05) is 72.3 Å². The highest BCUT2D eigenvalue weighted by Crippen LogP contribution is 2.44. The van der Waals surface area contributed by atoms with Crippen molar-refractivity contribution >= 4 is 23.8 Å². The molecule has 0 aliphatic heterocycles. The van der Waals surface area contributed by atoms with Gasteiger partial charge in [0.15, 0.2) is 0 Å². The van der Waals surface area contributed by atoms with Gasteiger partial charge in [-0.15, -0.1) is 0 Å². The van der Waals surface area contributed by atoms with Crippen LogP contribution in [-0.4, -0.2) is 24.2 Å². The SMILES string of the molecule is O=C(NCC=Cc1cnccc1Cl)OCC1c2ccccc2-c2ccccc21. The van der Waals surface area contributed by atoms with Gasteiger partial charge in [-0.05, 0) is 28.3 Å². The van der Waals surface area contributed by atoms with Gasteiger partial charge in [0.1, 0.15) is 6.61 Å². The third-order valence-corrected chi connectivity index (χ3v) is 5.15. The van der Waals surface area contributed by atoms with Crippen LogP contribution in [0.5, 0.6) is 0 Å². The van der Waals surface area contributed by atoms with E-state index in [-0.39, 0.29) is 5.92 Å². The molecule has 0 fully saturated rings. The van der Waals surface area contributed by atoms with Gasteiger partial charge >= 0.3 is 6.09 Å². The Morgan fingerprint density at radius 2 is 1.75 bits per heavy atom. The quantitative estimate of drug-likeness (QED) is 0.644. The monoisotopic (exact) mass is 390 g/mol. The highest BCUT2D eigenvalue weighted by molar-refractivity contribution is 6.32. The van der Waals surface area contributed by atoms with Crippen LogP contribution in [0.2, 0.25) is 5.02 Å². The van der Waals surface area contributed by atoms with Crippen molar-refractivity contribution in [1.82, 2.24) is 10.3 Å². The number of amides is 1. The molecule has 1 N–H and O–H groups in total. The van der Waals surface area contributed by atoms with Crippen molar-refractivity contribution < 1.29 is 9.53 Å². The number of carbonyl (C=O) groups is 1. The van der Waals surface area contributed by atoms with Crippen molar-refractivity contribution in [3.63, 3.8) is 0 Å². The number of nitrogens with one attached hydrogen (secondary N) is 1. The molecule has 2 aromatic carbocycles. The topological polar surface area (TPSA) is 51.2 Å². The fourth-order valence-electron chi connectivity index (χ4n) is 3.49. The molecule has 0 atom stereocenters. The molecular formula is C23H19ClN2O2.